The number of rotatable bonds is 4. The van der Waals surface area contributed by atoms with Crippen LogP contribution in [0.5, 0.6) is 0 Å². The molecule has 0 amide bonds. The molecule has 0 radical (unpaired) electrons. The summed E-state index contributed by atoms with van der Waals surface area (Å²) in [7, 11) is 0. The number of aryl methyl sites for hydroxylation is 1. The molecule has 6 rings (SSSR count). The highest BCUT2D eigenvalue weighted by atomic mass is 16.3. The Bertz CT molecular complexity index is 1780. The van der Waals surface area contributed by atoms with Crippen LogP contribution in [0.1, 0.15) is 51.3 Å². The molecule has 3 heteroatoms. The lowest BCUT2D eigenvalue weighted by atomic mass is 9.82. The van der Waals surface area contributed by atoms with Crippen molar-refractivity contribution >= 4 is 32.8 Å². The lowest BCUT2D eigenvalue weighted by Crippen LogP contribution is -2.12. The molecule has 0 bridgehead atoms. The van der Waals surface area contributed by atoms with Crippen molar-refractivity contribution in [1.82, 2.24) is 4.98 Å². The molecule has 0 aliphatic rings. The predicted molar refractivity (Wildman–Crippen MR) is 154 cm³/mol. The first kappa shape index (κ1) is 23.5. The molecule has 0 aliphatic heterocycles. The van der Waals surface area contributed by atoms with Gasteiger partial charge in [0.25, 0.3) is 0 Å². The fourth-order valence-corrected chi connectivity index (χ4v) is 5.59. The lowest BCUT2D eigenvalue weighted by Gasteiger charge is -2.23. The van der Waals surface area contributed by atoms with Crippen molar-refractivity contribution in [3.63, 3.8) is 0 Å². The van der Waals surface area contributed by atoms with E-state index in [1.807, 2.05) is 6.26 Å². The SMILES string of the molecule is Cc1coc2nc(-c3cc(C(C)(C)C)c4ccccc4c3)cc(-c3ccc(CC(C)C)c4occc34)c12. The molecule has 37 heavy (non-hydrogen) atoms. The number of pyridine rings is 1. The molecule has 0 aliphatic carbocycles. The molecular weight excluding hydrogens is 454 g/mol. The highest BCUT2D eigenvalue weighted by Crippen LogP contribution is 2.41. The van der Waals surface area contributed by atoms with Crippen molar-refractivity contribution in [2.75, 3.05) is 0 Å². The largest absolute Gasteiger partial charge is 0.464 e. The first-order valence-corrected chi connectivity index (χ1v) is 13.1. The van der Waals surface area contributed by atoms with Crippen LogP contribution in [0.4, 0.5) is 0 Å². The van der Waals surface area contributed by atoms with E-state index in [1.165, 1.54) is 21.9 Å². The van der Waals surface area contributed by atoms with E-state index in [-0.39, 0.29) is 5.41 Å². The van der Waals surface area contributed by atoms with Gasteiger partial charge in [-0.3, -0.25) is 0 Å². The number of furan rings is 2. The van der Waals surface area contributed by atoms with Gasteiger partial charge in [-0.2, -0.15) is 0 Å². The van der Waals surface area contributed by atoms with Crippen LogP contribution >= 0.6 is 0 Å². The van der Waals surface area contributed by atoms with Crippen molar-refractivity contribution in [3.05, 3.63) is 89.9 Å². The zero-order valence-electron chi connectivity index (χ0n) is 22.5. The van der Waals surface area contributed by atoms with E-state index in [9.17, 15) is 0 Å². The predicted octanol–water partition coefficient (Wildman–Crippen LogP) is 9.87. The summed E-state index contributed by atoms with van der Waals surface area (Å²) in [6.45, 7) is 13.4. The molecule has 0 atom stereocenters. The fraction of sp³-hybridized carbons (Fsp3) is 0.265. The minimum Gasteiger partial charge on any atom is -0.464 e. The van der Waals surface area contributed by atoms with E-state index in [1.54, 1.807) is 6.26 Å². The number of hydrogen-bond acceptors (Lipinski definition) is 3. The van der Waals surface area contributed by atoms with Gasteiger partial charge in [-0.05, 0) is 87.5 Å². The van der Waals surface area contributed by atoms with Crippen LogP contribution in [-0.4, -0.2) is 4.98 Å². The zero-order chi connectivity index (χ0) is 25.9. The van der Waals surface area contributed by atoms with Crippen LogP contribution in [0.2, 0.25) is 0 Å². The van der Waals surface area contributed by atoms with Gasteiger partial charge in [0.15, 0.2) is 0 Å². The van der Waals surface area contributed by atoms with Gasteiger partial charge < -0.3 is 8.83 Å². The van der Waals surface area contributed by atoms with Gasteiger partial charge >= 0.3 is 0 Å². The first-order valence-electron chi connectivity index (χ1n) is 13.1. The fourth-order valence-electron chi connectivity index (χ4n) is 5.59. The van der Waals surface area contributed by atoms with Gasteiger partial charge in [-0.1, -0.05) is 71.0 Å². The molecular formula is C34H33NO2. The summed E-state index contributed by atoms with van der Waals surface area (Å²) >= 11 is 0. The van der Waals surface area contributed by atoms with Crippen molar-refractivity contribution in [3.8, 4) is 22.4 Å². The number of benzene rings is 3. The third-order valence-corrected chi connectivity index (χ3v) is 7.31. The van der Waals surface area contributed by atoms with E-state index in [2.05, 4.69) is 102 Å². The summed E-state index contributed by atoms with van der Waals surface area (Å²) in [5, 5.41) is 4.69. The molecule has 3 nitrogen and oxygen atoms in total. The average molecular weight is 488 g/mol. The second-order valence-electron chi connectivity index (χ2n) is 11.7. The zero-order valence-corrected chi connectivity index (χ0v) is 22.5. The van der Waals surface area contributed by atoms with Gasteiger partial charge in [-0.25, -0.2) is 4.98 Å². The third-order valence-electron chi connectivity index (χ3n) is 7.31. The molecule has 0 saturated heterocycles. The maximum atomic E-state index is 6.01. The van der Waals surface area contributed by atoms with Crippen LogP contribution in [0, 0.1) is 12.8 Å². The van der Waals surface area contributed by atoms with E-state index in [0.717, 1.165) is 50.7 Å². The van der Waals surface area contributed by atoms with Gasteiger partial charge in [0.1, 0.15) is 5.58 Å². The smallest absolute Gasteiger partial charge is 0.227 e. The Hall–Kier alpha value is -3.85. The van der Waals surface area contributed by atoms with Crippen LogP contribution in [-0.2, 0) is 11.8 Å². The number of nitrogens with zero attached hydrogens (tertiary/aromatic N) is 1. The summed E-state index contributed by atoms with van der Waals surface area (Å²) in [5.41, 5.74) is 9.56. The Morgan fingerprint density at radius 2 is 1.68 bits per heavy atom. The maximum Gasteiger partial charge on any atom is 0.227 e. The summed E-state index contributed by atoms with van der Waals surface area (Å²) in [6, 6.07) is 21.9. The summed E-state index contributed by atoms with van der Waals surface area (Å²) in [4.78, 5) is 5.02. The summed E-state index contributed by atoms with van der Waals surface area (Å²) < 4.78 is 12.0. The van der Waals surface area contributed by atoms with Gasteiger partial charge in [0, 0.05) is 10.9 Å². The van der Waals surface area contributed by atoms with Crippen molar-refractivity contribution in [1.29, 1.82) is 0 Å². The molecule has 0 saturated carbocycles. The van der Waals surface area contributed by atoms with E-state index in [0.29, 0.717) is 11.6 Å². The molecule has 186 valence electrons. The molecule has 3 aromatic heterocycles. The minimum atomic E-state index is -0.000975. The quantitative estimate of drug-likeness (QED) is 0.248. The topological polar surface area (TPSA) is 39.2 Å². The Labute approximate surface area is 218 Å². The van der Waals surface area contributed by atoms with E-state index >= 15 is 0 Å². The average Bonchev–Trinajstić information content (AvgIpc) is 3.50. The molecule has 0 spiro atoms. The third kappa shape index (κ3) is 4.03. The van der Waals surface area contributed by atoms with E-state index < -0.39 is 0 Å². The van der Waals surface area contributed by atoms with Gasteiger partial charge in [-0.15, -0.1) is 0 Å². The maximum absolute atomic E-state index is 6.01. The second-order valence-corrected chi connectivity index (χ2v) is 11.7. The summed E-state index contributed by atoms with van der Waals surface area (Å²) in [6.07, 6.45) is 4.60. The van der Waals surface area contributed by atoms with Crippen LogP contribution in [0.15, 0.2) is 82.0 Å². The van der Waals surface area contributed by atoms with Crippen molar-refractivity contribution in [2.24, 2.45) is 5.92 Å². The normalized spacial score (nSPS) is 12.4. The Kier molecular flexibility index (Phi) is 5.49. The Balaban J connectivity index is 1.62. The number of aromatic nitrogens is 1. The lowest BCUT2D eigenvalue weighted by molar-refractivity contribution is 0.595. The van der Waals surface area contributed by atoms with Crippen LogP contribution in [0.25, 0.3) is 55.2 Å². The van der Waals surface area contributed by atoms with Crippen LogP contribution < -0.4 is 0 Å². The monoisotopic (exact) mass is 487 g/mol. The summed E-state index contributed by atoms with van der Waals surface area (Å²) in [5.74, 6) is 0.555. The first-order chi connectivity index (χ1) is 17.7. The van der Waals surface area contributed by atoms with Crippen LogP contribution in [0.3, 0.4) is 0 Å². The Morgan fingerprint density at radius 3 is 2.46 bits per heavy atom. The standard InChI is InChI=1S/C34H33NO2/c1-20(2)15-23-11-12-26(27-13-14-36-32(23)27)28-18-30(35-33-31(28)21(3)19-37-33)24-16-22-9-7-8-10-25(22)29(17-24)34(4,5)6/h7-14,16-20H,15H2,1-6H3. The molecule has 0 fully saturated rings. The number of hydrogen-bond donors (Lipinski definition) is 0. The number of fused-ring (bicyclic) bond motifs is 3. The van der Waals surface area contributed by atoms with Crippen molar-refractivity contribution < 1.29 is 8.83 Å². The van der Waals surface area contributed by atoms with Gasteiger partial charge in [0.05, 0.1) is 23.6 Å². The molecule has 0 unspecified atom stereocenters. The molecule has 0 N–H and O–H groups in total. The van der Waals surface area contributed by atoms with E-state index in [4.69, 9.17) is 13.8 Å². The molecule has 3 aromatic carbocycles. The van der Waals surface area contributed by atoms with Crippen molar-refractivity contribution in [2.45, 2.75) is 53.4 Å². The molecule has 3 heterocycles. The second kappa shape index (κ2) is 8.62. The highest BCUT2D eigenvalue weighted by Gasteiger charge is 2.21. The minimum absolute atomic E-state index is 0.000975. The van der Waals surface area contributed by atoms with Gasteiger partial charge in [0.2, 0.25) is 5.71 Å². The Morgan fingerprint density at radius 1 is 0.865 bits per heavy atom. The molecule has 6 aromatic rings. The highest BCUT2D eigenvalue weighted by molar-refractivity contribution is 6.05.